The minimum atomic E-state index is -4.40. The average molecular weight is 426 g/mol. The van der Waals surface area contributed by atoms with Gasteiger partial charge in [0.15, 0.2) is 6.10 Å². The zero-order valence-electron chi connectivity index (χ0n) is 17.2. The van der Waals surface area contributed by atoms with Gasteiger partial charge < -0.3 is 24.3 Å². The van der Waals surface area contributed by atoms with Gasteiger partial charge in [0, 0.05) is 13.1 Å². The molecule has 1 atom stereocenters. The molecular weight excluding hydrogens is 400 g/mol. The molecule has 2 rings (SSSR count). The van der Waals surface area contributed by atoms with Crippen LogP contribution in [0.25, 0.3) is 0 Å². The minimum Gasteiger partial charge on any atom is -0.544 e. The summed E-state index contributed by atoms with van der Waals surface area (Å²) in [4.78, 5) is 37.1. The zero-order valence-corrected chi connectivity index (χ0v) is 17.2. The van der Waals surface area contributed by atoms with Crippen LogP contribution < -0.4 is 5.11 Å². The van der Waals surface area contributed by atoms with Crippen molar-refractivity contribution in [3.63, 3.8) is 0 Å². The van der Waals surface area contributed by atoms with E-state index >= 15 is 0 Å². The number of carboxylic acid groups (broad SMARTS) is 1. The Labute approximate surface area is 173 Å². The maximum Gasteiger partial charge on any atom is 0.410 e. The predicted molar refractivity (Wildman–Crippen MR) is 100 cm³/mol. The molecule has 1 heterocycles. The third-order valence-electron chi connectivity index (χ3n) is 5.24. The highest BCUT2D eigenvalue weighted by molar-refractivity contribution is 5.77. The Morgan fingerprint density at radius 2 is 1.73 bits per heavy atom. The van der Waals surface area contributed by atoms with Crippen LogP contribution in [0.1, 0.15) is 51.7 Å². The van der Waals surface area contributed by atoms with E-state index in [1.165, 1.54) is 29.2 Å². The number of hydrogen-bond acceptors (Lipinski definition) is 6. The highest BCUT2D eigenvalue weighted by atomic mass is 19.3. The average Bonchev–Trinajstić information content (AvgIpc) is 2.72. The van der Waals surface area contributed by atoms with Gasteiger partial charge in [-0.15, -0.1) is 0 Å². The normalized spacial score (nSPS) is 16.6. The maximum atomic E-state index is 14.2. The first kappa shape index (κ1) is 23.6. The number of carboxylic acids is 1. The van der Waals surface area contributed by atoms with Crippen LogP contribution in [0.3, 0.4) is 0 Å². The van der Waals surface area contributed by atoms with Crippen LogP contribution in [0.15, 0.2) is 30.3 Å². The fourth-order valence-corrected chi connectivity index (χ4v) is 2.97. The van der Waals surface area contributed by atoms with E-state index in [1.54, 1.807) is 19.9 Å². The van der Waals surface area contributed by atoms with Crippen molar-refractivity contribution in [3.8, 4) is 0 Å². The van der Waals surface area contributed by atoms with E-state index in [9.17, 15) is 28.3 Å². The van der Waals surface area contributed by atoms with Crippen LogP contribution in [0.2, 0.25) is 0 Å². The fourth-order valence-electron chi connectivity index (χ4n) is 2.97. The number of carbonyl (C=O) groups is 3. The van der Waals surface area contributed by atoms with Gasteiger partial charge in [0.2, 0.25) is 0 Å². The Bertz CT molecular complexity index is 760. The molecule has 0 saturated carbocycles. The Kier molecular flexibility index (Phi) is 7.39. The summed E-state index contributed by atoms with van der Waals surface area (Å²) >= 11 is 0. The number of amides is 1. The van der Waals surface area contributed by atoms with Crippen LogP contribution in [0.5, 0.6) is 0 Å². The smallest absolute Gasteiger partial charge is 0.410 e. The molecule has 166 valence electrons. The molecule has 0 spiro atoms. The molecule has 1 unspecified atom stereocenters. The molecule has 1 saturated heterocycles. The lowest BCUT2D eigenvalue weighted by Crippen LogP contribution is -2.48. The number of likely N-dealkylation sites (tertiary alicyclic amines) is 1. The third kappa shape index (κ3) is 5.67. The molecule has 0 radical (unpaired) electrons. The number of piperidine rings is 1. The van der Waals surface area contributed by atoms with Gasteiger partial charge >= 0.3 is 18.0 Å². The Morgan fingerprint density at radius 3 is 2.23 bits per heavy atom. The van der Waals surface area contributed by atoms with Gasteiger partial charge in [-0.3, -0.25) is 4.79 Å². The molecule has 9 heteroatoms. The highest BCUT2D eigenvalue weighted by Gasteiger charge is 2.46. The van der Waals surface area contributed by atoms with Crippen molar-refractivity contribution in [2.24, 2.45) is 5.92 Å². The predicted octanol–water partition coefficient (Wildman–Crippen LogP) is 2.69. The first-order chi connectivity index (χ1) is 14.0. The number of nitrogens with zero attached hydrogens (tertiary/aromatic N) is 1. The van der Waals surface area contributed by atoms with Gasteiger partial charge in [0.25, 0.3) is 0 Å². The van der Waals surface area contributed by atoms with Gasteiger partial charge in [0.05, 0.1) is 5.92 Å². The number of esters is 1. The molecule has 0 aliphatic carbocycles. The second kappa shape index (κ2) is 9.40. The van der Waals surface area contributed by atoms with E-state index in [0.717, 1.165) is 0 Å². The van der Waals surface area contributed by atoms with Gasteiger partial charge in [0.1, 0.15) is 11.6 Å². The van der Waals surface area contributed by atoms with Crippen molar-refractivity contribution in [3.05, 3.63) is 35.9 Å². The molecule has 0 aromatic heterocycles. The van der Waals surface area contributed by atoms with Crippen LogP contribution in [0.4, 0.5) is 13.6 Å². The number of ether oxygens (including phenoxy) is 2. The van der Waals surface area contributed by atoms with Crippen LogP contribution in [-0.4, -0.2) is 47.5 Å². The summed E-state index contributed by atoms with van der Waals surface area (Å²) in [6.07, 6.45) is -1.78. The number of halogens is 2. The maximum absolute atomic E-state index is 14.2. The number of aliphatic carboxylic acids is 1. The second-order valence-electron chi connectivity index (χ2n) is 7.88. The van der Waals surface area contributed by atoms with E-state index in [4.69, 9.17) is 9.47 Å². The Morgan fingerprint density at radius 1 is 1.17 bits per heavy atom. The lowest BCUT2D eigenvalue weighted by molar-refractivity contribution is -0.337. The Balaban J connectivity index is 2.03. The fraction of sp³-hybridized carbons (Fsp3) is 0.571. The number of benzene rings is 1. The summed E-state index contributed by atoms with van der Waals surface area (Å²) in [6, 6.07) is 6.94. The first-order valence-corrected chi connectivity index (χ1v) is 9.80. The molecule has 1 aliphatic rings. The topological polar surface area (TPSA) is 96.0 Å². The van der Waals surface area contributed by atoms with Crippen LogP contribution in [-0.2, 0) is 19.1 Å². The van der Waals surface area contributed by atoms with E-state index in [0.29, 0.717) is 6.42 Å². The summed E-state index contributed by atoms with van der Waals surface area (Å²) in [5, 5.41) is 10.9. The molecule has 0 N–H and O–H groups in total. The summed E-state index contributed by atoms with van der Waals surface area (Å²) < 4.78 is 38.7. The molecule has 1 fully saturated rings. The van der Waals surface area contributed by atoms with Crippen molar-refractivity contribution in [2.75, 3.05) is 13.1 Å². The quantitative estimate of drug-likeness (QED) is 0.622. The molecule has 1 amide bonds. The lowest BCUT2D eigenvalue weighted by Gasteiger charge is -2.34. The van der Waals surface area contributed by atoms with E-state index in [2.05, 4.69) is 0 Å². The van der Waals surface area contributed by atoms with Crippen molar-refractivity contribution in [1.82, 2.24) is 4.90 Å². The number of hydrogen-bond donors (Lipinski definition) is 0. The Hall–Kier alpha value is -2.71. The SMILES string of the molecule is CCC(C)(C)OC(=O)N1CCC(C(=O)OC(c2ccccc2)C(F)(F)C(=O)[O-])CC1. The molecule has 0 bridgehead atoms. The molecule has 1 aliphatic heterocycles. The molecule has 1 aromatic rings. The lowest BCUT2D eigenvalue weighted by atomic mass is 9.96. The molecule has 7 nitrogen and oxygen atoms in total. The number of alkyl halides is 2. The highest BCUT2D eigenvalue weighted by Crippen LogP contribution is 2.36. The van der Waals surface area contributed by atoms with Crippen molar-refractivity contribution < 1.29 is 37.7 Å². The molecular formula is C21H26F2NO6-. The largest absolute Gasteiger partial charge is 0.544 e. The summed E-state index contributed by atoms with van der Waals surface area (Å²) in [5.41, 5.74) is -0.769. The summed E-state index contributed by atoms with van der Waals surface area (Å²) in [7, 11) is 0. The van der Waals surface area contributed by atoms with Gasteiger partial charge in [-0.1, -0.05) is 37.3 Å². The third-order valence-corrected chi connectivity index (χ3v) is 5.24. The monoisotopic (exact) mass is 426 g/mol. The molecule has 1 aromatic carbocycles. The van der Waals surface area contributed by atoms with E-state index < -0.39 is 41.6 Å². The van der Waals surface area contributed by atoms with Crippen LogP contribution in [0, 0.1) is 5.92 Å². The second-order valence-corrected chi connectivity index (χ2v) is 7.88. The first-order valence-electron chi connectivity index (χ1n) is 9.80. The zero-order chi connectivity index (χ0) is 22.5. The van der Waals surface area contributed by atoms with Gasteiger partial charge in [-0.25, -0.2) is 4.79 Å². The van der Waals surface area contributed by atoms with Gasteiger partial charge in [-0.05, 0) is 38.7 Å². The standard InChI is InChI=1S/C21H27F2NO6/c1-4-20(2,3)30-19(28)24-12-10-15(11-13-24)17(25)29-16(21(22,23)18(26)27)14-8-6-5-7-9-14/h5-9,15-16H,4,10-13H2,1-3H3,(H,26,27)/p-1. The van der Waals surface area contributed by atoms with Crippen molar-refractivity contribution in [1.29, 1.82) is 0 Å². The van der Waals surface area contributed by atoms with E-state index in [-0.39, 0.29) is 31.5 Å². The minimum absolute atomic E-state index is 0.150. The van der Waals surface area contributed by atoms with Crippen LogP contribution >= 0.6 is 0 Å². The number of carbonyl (C=O) groups excluding carboxylic acids is 3. The summed E-state index contributed by atoms with van der Waals surface area (Å²) in [6.45, 7) is 5.87. The summed E-state index contributed by atoms with van der Waals surface area (Å²) in [5.74, 6) is -8.70. The van der Waals surface area contributed by atoms with Crippen molar-refractivity contribution in [2.45, 2.75) is 57.7 Å². The molecule has 30 heavy (non-hydrogen) atoms. The van der Waals surface area contributed by atoms with E-state index in [1.807, 2.05) is 6.92 Å². The van der Waals surface area contributed by atoms with Crippen molar-refractivity contribution >= 4 is 18.0 Å². The van der Waals surface area contributed by atoms with Gasteiger partial charge in [-0.2, -0.15) is 8.78 Å². The number of rotatable bonds is 7.